The molecule has 0 bridgehead atoms. The van der Waals surface area contributed by atoms with E-state index in [2.05, 4.69) is 27.7 Å². The molecular formula is C21H23BrN2O4. The van der Waals surface area contributed by atoms with Gasteiger partial charge in [-0.3, -0.25) is 9.59 Å². The zero-order valence-electron chi connectivity index (χ0n) is 16.0. The van der Waals surface area contributed by atoms with Crippen molar-refractivity contribution in [2.75, 3.05) is 11.5 Å². The summed E-state index contributed by atoms with van der Waals surface area (Å²) >= 11 is 3.46. The second-order valence-corrected chi connectivity index (χ2v) is 7.66. The maximum atomic E-state index is 12.8. The van der Waals surface area contributed by atoms with Gasteiger partial charge in [0.2, 0.25) is 0 Å². The number of amides is 2. The van der Waals surface area contributed by atoms with Crippen LogP contribution < -0.4 is 9.64 Å². The van der Waals surface area contributed by atoms with Crippen LogP contribution in [-0.2, 0) is 14.4 Å². The van der Waals surface area contributed by atoms with Crippen molar-refractivity contribution >= 4 is 39.1 Å². The van der Waals surface area contributed by atoms with Crippen molar-refractivity contribution in [1.29, 1.82) is 0 Å². The van der Waals surface area contributed by atoms with Crippen LogP contribution in [0.5, 0.6) is 5.75 Å². The maximum Gasteiger partial charge on any atom is 0.261 e. The smallest absolute Gasteiger partial charge is 0.261 e. The first kappa shape index (κ1) is 20.3. The number of carbonyl (C=O) groups excluding carboxylic acids is 2. The van der Waals surface area contributed by atoms with Crippen molar-refractivity contribution in [3.05, 3.63) is 46.5 Å². The Morgan fingerprint density at radius 2 is 1.93 bits per heavy atom. The number of oxime groups is 1. The van der Waals surface area contributed by atoms with Crippen LogP contribution in [0.1, 0.15) is 39.5 Å². The van der Waals surface area contributed by atoms with E-state index in [9.17, 15) is 9.59 Å². The fraction of sp³-hybridized carbons (Fsp3) is 0.381. The fourth-order valence-electron chi connectivity index (χ4n) is 3.24. The van der Waals surface area contributed by atoms with Crippen LogP contribution in [0.4, 0.5) is 5.69 Å². The molecule has 0 aromatic heterocycles. The topological polar surface area (TPSA) is 68.2 Å². The summed E-state index contributed by atoms with van der Waals surface area (Å²) in [5, 5.41) is 3.99. The summed E-state index contributed by atoms with van der Waals surface area (Å²) in [5.41, 5.74) is 2.49. The second-order valence-electron chi connectivity index (χ2n) is 6.80. The second kappa shape index (κ2) is 8.73. The number of benzene rings is 1. The number of ether oxygens (including phenoxy) is 1. The van der Waals surface area contributed by atoms with Gasteiger partial charge in [0.25, 0.3) is 11.8 Å². The molecule has 148 valence electrons. The number of hydrogen-bond donors (Lipinski definition) is 0. The largest absolute Gasteiger partial charge is 0.483 e. The van der Waals surface area contributed by atoms with E-state index < -0.39 is 0 Å². The number of anilines is 1. The molecule has 2 amide bonds. The third-order valence-corrected chi connectivity index (χ3v) is 5.51. The molecule has 3 rings (SSSR count). The molecule has 0 saturated heterocycles. The van der Waals surface area contributed by atoms with Gasteiger partial charge in [-0.25, -0.2) is 4.90 Å². The van der Waals surface area contributed by atoms with Gasteiger partial charge >= 0.3 is 0 Å². The Morgan fingerprint density at radius 1 is 1.29 bits per heavy atom. The van der Waals surface area contributed by atoms with Crippen LogP contribution in [0.3, 0.4) is 0 Å². The summed E-state index contributed by atoms with van der Waals surface area (Å²) in [6.07, 6.45) is 4.50. The molecule has 1 aromatic carbocycles. The Morgan fingerprint density at radius 3 is 2.54 bits per heavy atom. The zero-order chi connectivity index (χ0) is 20.3. The summed E-state index contributed by atoms with van der Waals surface area (Å²) in [4.78, 5) is 31.9. The minimum Gasteiger partial charge on any atom is -0.483 e. The molecule has 2 aliphatic rings. The van der Waals surface area contributed by atoms with Gasteiger partial charge in [0.1, 0.15) is 18.5 Å². The molecule has 1 atom stereocenters. The predicted octanol–water partition coefficient (Wildman–Crippen LogP) is 4.54. The molecule has 0 radical (unpaired) electrons. The molecule has 28 heavy (non-hydrogen) atoms. The minimum absolute atomic E-state index is 0.211. The third kappa shape index (κ3) is 4.04. The van der Waals surface area contributed by atoms with Crippen molar-refractivity contribution in [3.8, 4) is 5.75 Å². The summed E-state index contributed by atoms with van der Waals surface area (Å²) < 4.78 is 6.70. The van der Waals surface area contributed by atoms with Crippen LogP contribution in [0.2, 0.25) is 0 Å². The lowest BCUT2D eigenvalue weighted by Gasteiger charge is -2.19. The third-order valence-electron chi connectivity index (χ3n) is 4.86. The van der Waals surface area contributed by atoms with E-state index in [0.717, 1.165) is 17.3 Å². The highest BCUT2D eigenvalue weighted by Crippen LogP contribution is 2.38. The first-order valence-electron chi connectivity index (χ1n) is 9.28. The number of halogens is 1. The molecule has 1 aliphatic heterocycles. The Bertz CT molecular complexity index is 847. The van der Waals surface area contributed by atoms with E-state index in [-0.39, 0.29) is 17.9 Å². The maximum absolute atomic E-state index is 12.8. The van der Waals surface area contributed by atoms with Gasteiger partial charge in [-0.2, -0.15) is 0 Å². The first-order valence-corrected chi connectivity index (χ1v) is 10.1. The molecule has 0 N–H and O–H groups in total. The van der Waals surface area contributed by atoms with E-state index in [0.29, 0.717) is 47.7 Å². The van der Waals surface area contributed by atoms with Crippen LogP contribution in [0, 0.1) is 0 Å². The van der Waals surface area contributed by atoms with Crippen molar-refractivity contribution in [3.63, 3.8) is 0 Å². The van der Waals surface area contributed by atoms with Crippen molar-refractivity contribution in [2.45, 2.75) is 45.6 Å². The Hall–Kier alpha value is -2.41. The van der Waals surface area contributed by atoms with E-state index in [1.165, 1.54) is 4.90 Å². The standard InChI is InChI=1S/C21H23BrN2O4/c1-4-11-27-23-13(2)14(3)28-19-12-15(9-10-18(19)22)24-20(25)16-7-5-6-8-17(16)21(24)26/h4,9-10,12,14H,1,5-8,11H2,2-3H3/b23-13+. The number of rotatable bonds is 7. The van der Waals surface area contributed by atoms with Crippen molar-refractivity contribution < 1.29 is 19.2 Å². The highest BCUT2D eigenvalue weighted by Gasteiger charge is 2.39. The lowest BCUT2D eigenvalue weighted by molar-refractivity contribution is -0.120. The molecule has 7 heteroatoms. The molecular weight excluding hydrogens is 424 g/mol. The lowest BCUT2D eigenvalue weighted by atomic mass is 9.93. The first-order chi connectivity index (χ1) is 13.4. The molecule has 1 heterocycles. The van der Waals surface area contributed by atoms with Crippen molar-refractivity contribution in [1.82, 2.24) is 0 Å². The molecule has 1 unspecified atom stereocenters. The highest BCUT2D eigenvalue weighted by molar-refractivity contribution is 9.10. The van der Waals surface area contributed by atoms with Crippen molar-refractivity contribution in [2.24, 2.45) is 5.16 Å². The number of nitrogens with zero attached hydrogens (tertiary/aromatic N) is 2. The number of hydrogen-bond acceptors (Lipinski definition) is 5. The van der Waals surface area contributed by atoms with Crippen LogP contribution in [0.25, 0.3) is 0 Å². The number of carbonyl (C=O) groups is 2. The quantitative estimate of drug-likeness (QED) is 0.202. The summed E-state index contributed by atoms with van der Waals surface area (Å²) in [6, 6.07) is 5.21. The monoisotopic (exact) mass is 446 g/mol. The fourth-order valence-corrected chi connectivity index (χ4v) is 3.58. The Balaban J connectivity index is 1.81. The Labute approximate surface area is 173 Å². The van der Waals surface area contributed by atoms with E-state index in [4.69, 9.17) is 9.57 Å². The normalized spacial score (nSPS) is 18.2. The molecule has 0 spiro atoms. The van der Waals surface area contributed by atoms with Gasteiger partial charge in [0.15, 0.2) is 0 Å². The van der Waals surface area contributed by atoms with Gasteiger partial charge in [0, 0.05) is 17.2 Å². The average Bonchev–Trinajstić information content (AvgIpc) is 2.94. The number of imide groups is 1. The van der Waals surface area contributed by atoms with Crippen LogP contribution in [0.15, 0.2) is 51.6 Å². The zero-order valence-corrected chi connectivity index (χ0v) is 17.6. The van der Waals surface area contributed by atoms with Gasteiger partial charge in [-0.05, 0) is 67.6 Å². The van der Waals surface area contributed by atoms with E-state index >= 15 is 0 Å². The van der Waals surface area contributed by atoms with Crippen LogP contribution in [-0.4, -0.2) is 30.2 Å². The average molecular weight is 447 g/mol. The molecule has 0 fully saturated rings. The minimum atomic E-state index is -0.354. The molecule has 0 saturated carbocycles. The lowest BCUT2D eigenvalue weighted by Crippen LogP contribution is -2.31. The Kier molecular flexibility index (Phi) is 6.34. The van der Waals surface area contributed by atoms with Crippen LogP contribution >= 0.6 is 15.9 Å². The summed E-state index contributed by atoms with van der Waals surface area (Å²) in [6.45, 7) is 7.54. The van der Waals surface area contributed by atoms with E-state index in [1.807, 2.05) is 6.92 Å². The van der Waals surface area contributed by atoms with Gasteiger partial charge in [-0.1, -0.05) is 17.8 Å². The molecule has 1 aromatic rings. The summed E-state index contributed by atoms with van der Waals surface area (Å²) in [7, 11) is 0. The molecule has 6 nitrogen and oxygen atoms in total. The summed E-state index contributed by atoms with van der Waals surface area (Å²) in [5.74, 6) is 0.0990. The molecule has 1 aliphatic carbocycles. The predicted molar refractivity (Wildman–Crippen MR) is 111 cm³/mol. The van der Waals surface area contributed by atoms with Gasteiger partial charge in [0.05, 0.1) is 15.9 Å². The SMILES string of the molecule is C=CCO/N=C(\C)C(C)Oc1cc(N2C(=O)C3=C(CCCC3)C2=O)ccc1Br. The highest BCUT2D eigenvalue weighted by atomic mass is 79.9. The van der Waals surface area contributed by atoms with Gasteiger partial charge < -0.3 is 9.57 Å². The van der Waals surface area contributed by atoms with Gasteiger partial charge in [-0.15, -0.1) is 0 Å². The van der Waals surface area contributed by atoms with E-state index in [1.54, 1.807) is 31.2 Å².